The van der Waals surface area contributed by atoms with E-state index in [4.69, 9.17) is 4.42 Å². The van der Waals surface area contributed by atoms with Crippen molar-refractivity contribution in [1.82, 2.24) is 30.0 Å². The Morgan fingerprint density at radius 3 is 2.73 bits per heavy atom. The summed E-state index contributed by atoms with van der Waals surface area (Å²) in [5.74, 6) is 1.36. The highest BCUT2D eigenvalue weighted by molar-refractivity contribution is 7.98. The van der Waals surface area contributed by atoms with Crippen LogP contribution in [0.3, 0.4) is 0 Å². The predicted molar refractivity (Wildman–Crippen MR) is 112 cm³/mol. The second-order valence-electron chi connectivity index (χ2n) is 6.62. The van der Waals surface area contributed by atoms with Gasteiger partial charge in [-0.05, 0) is 38.1 Å². The molecule has 0 aliphatic carbocycles. The minimum absolute atomic E-state index is 0.234. The van der Waals surface area contributed by atoms with Crippen molar-refractivity contribution >= 4 is 17.7 Å². The van der Waals surface area contributed by atoms with Gasteiger partial charge in [-0.3, -0.25) is 14.3 Å². The third-order valence-corrected chi connectivity index (χ3v) is 5.27. The van der Waals surface area contributed by atoms with Crippen LogP contribution in [0.15, 0.2) is 64.5 Å². The number of hydrogen-bond acceptors (Lipinski definition) is 7. The fraction of sp³-hybridized carbons (Fsp3) is 0.190. The molecule has 3 heterocycles. The molecule has 0 atom stereocenters. The number of carbonyl (C=O) groups is 1. The SMILES string of the molecule is Cc1ccc(-n2c(C)nnc2SCc2nc(C(=O)NCc3ccccn3)co2)cc1. The van der Waals surface area contributed by atoms with Crippen LogP contribution in [0.4, 0.5) is 0 Å². The van der Waals surface area contributed by atoms with Gasteiger partial charge in [-0.1, -0.05) is 35.5 Å². The fourth-order valence-electron chi connectivity index (χ4n) is 2.80. The van der Waals surface area contributed by atoms with Gasteiger partial charge in [0.25, 0.3) is 5.91 Å². The van der Waals surface area contributed by atoms with Crippen molar-refractivity contribution in [3.63, 3.8) is 0 Å². The van der Waals surface area contributed by atoms with Crippen LogP contribution in [-0.4, -0.2) is 30.6 Å². The Bertz CT molecular complexity index is 1140. The number of rotatable bonds is 7. The molecule has 0 saturated heterocycles. The van der Waals surface area contributed by atoms with E-state index in [-0.39, 0.29) is 11.6 Å². The van der Waals surface area contributed by atoms with Crippen LogP contribution in [0.1, 0.15) is 33.5 Å². The Balaban J connectivity index is 1.39. The topological polar surface area (TPSA) is 98.7 Å². The van der Waals surface area contributed by atoms with Crippen molar-refractivity contribution in [1.29, 1.82) is 0 Å². The summed E-state index contributed by atoms with van der Waals surface area (Å²) in [5, 5.41) is 12.0. The highest BCUT2D eigenvalue weighted by Gasteiger charge is 2.15. The minimum Gasteiger partial charge on any atom is -0.447 e. The zero-order chi connectivity index (χ0) is 20.9. The molecular weight excluding hydrogens is 400 g/mol. The maximum absolute atomic E-state index is 12.3. The average molecular weight is 420 g/mol. The number of amides is 1. The van der Waals surface area contributed by atoms with Gasteiger partial charge in [0.1, 0.15) is 12.1 Å². The zero-order valence-electron chi connectivity index (χ0n) is 16.6. The van der Waals surface area contributed by atoms with Crippen molar-refractivity contribution in [2.24, 2.45) is 0 Å². The normalized spacial score (nSPS) is 10.9. The van der Waals surface area contributed by atoms with Crippen molar-refractivity contribution in [2.45, 2.75) is 31.3 Å². The number of oxazole rings is 1. The molecular formula is C21H20N6O2S. The van der Waals surface area contributed by atoms with Crippen LogP contribution >= 0.6 is 11.8 Å². The largest absolute Gasteiger partial charge is 0.447 e. The van der Waals surface area contributed by atoms with E-state index >= 15 is 0 Å². The van der Waals surface area contributed by atoms with Gasteiger partial charge in [-0.25, -0.2) is 4.98 Å². The highest BCUT2D eigenvalue weighted by Crippen LogP contribution is 2.25. The monoisotopic (exact) mass is 420 g/mol. The first kappa shape index (κ1) is 19.8. The third-order valence-electron chi connectivity index (χ3n) is 4.35. The summed E-state index contributed by atoms with van der Waals surface area (Å²) in [7, 11) is 0. The van der Waals surface area contributed by atoms with Crippen molar-refractivity contribution < 1.29 is 9.21 Å². The number of benzene rings is 1. The van der Waals surface area contributed by atoms with Crippen LogP contribution in [0.2, 0.25) is 0 Å². The first-order valence-electron chi connectivity index (χ1n) is 9.34. The summed E-state index contributed by atoms with van der Waals surface area (Å²) in [5.41, 5.74) is 3.19. The molecule has 0 fully saturated rings. The Morgan fingerprint density at radius 1 is 1.13 bits per heavy atom. The number of aryl methyl sites for hydroxylation is 2. The van der Waals surface area contributed by atoms with Gasteiger partial charge >= 0.3 is 0 Å². The zero-order valence-corrected chi connectivity index (χ0v) is 17.4. The van der Waals surface area contributed by atoms with Gasteiger partial charge in [0, 0.05) is 11.9 Å². The van der Waals surface area contributed by atoms with Crippen LogP contribution in [0.25, 0.3) is 5.69 Å². The smallest absolute Gasteiger partial charge is 0.273 e. The molecule has 4 aromatic rings. The van der Waals surface area contributed by atoms with E-state index < -0.39 is 0 Å². The van der Waals surface area contributed by atoms with E-state index in [0.717, 1.165) is 22.4 Å². The number of hydrogen-bond donors (Lipinski definition) is 1. The molecule has 1 aromatic carbocycles. The van der Waals surface area contributed by atoms with Gasteiger partial charge in [-0.15, -0.1) is 10.2 Å². The van der Waals surface area contributed by atoms with Gasteiger partial charge in [0.15, 0.2) is 10.9 Å². The first-order valence-corrected chi connectivity index (χ1v) is 10.3. The fourth-order valence-corrected chi connectivity index (χ4v) is 3.65. The maximum Gasteiger partial charge on any atom is 0.273 e. The number of aromatic nitrogens is 5. The lowest BCUT2D eigenvalue weighted by atomic mass is 10.2. The maximum atomic E-state index is 12.3. The highest BCUT2D eigenvalue weighted by atomic mass is 32.2. The van der Waals surface area contributed by atoms with Gasteiger partial charge in [0.2, 0.25) is 5.89 Å². The quantitative estimate of drug-likeness (QED) is 0.457. The van der Waals surface area contributed by atoms with E-state index in [1.54, 1.807) is 6.20 Å². The summed E-state index contributed by atoms with van der Waals surface area (Å²) in [4.78, 5) is 20.7. The molecule has 30 heavy (non-hydrogen) atoms. The Morgan fingerprint density at radius 2 is 1.97 bits per heavy atom. The van der Waals surface area contributed by atoms with Crippen molar-refractivity contribution in [2.75, 3.05) is 0 Å². The number of nitrogens with one attached hydrogen (secondary N) is 1. The van der Waals surface area contributed by atoms with E-state index in [2.05, 4.69) is 25.5 Å². The number of thioether (sulfide) groups is 1. The molecule has 0 saturated carbocycles. The van der Waals surface area contributed by atoms with E-state index in [0.29, 0.717) is 18.2 Å². The third kappa shape index (κ3) is 4.57. The van der Waals surface area contributed by atoms with E-state index in [1.165, 1.54) is 23.6 Å². The minimum atomic E-state index is -0.306. The second kappa shape index (κ2) is 8.91. The first-order chi connectivity index (χ1) is 14.6. The van der Waals surface area contributed by atoms with Gasteiger partial charge in [0.05, 0.1) is 18.0 Å². The van der Waals surface area contributed by atoms with Crippen LogP contribution < -0.4 is 5.32 Å². The molecule has 0 radical (unpaired) electrons. The standard InChI is InChI=1S/C21H20N6O2S/c1-14-6-8-17(9-7-14)27-15(2)25-26-21(27)30-13-19-24-18(12-29-19)20(28)23-11-16-5-3-4-10-22-16/h3-10,12H,11,13H2,1-2H3,(H,23,28). The van der Waals surface area contributed by atoms with E-state index in [1.807, 2.05) is 60.9 Å². The Kier molecular flexibility index (Phi) is 5.89. The van der Waals surface area contributed by atoms with E-state index in [9.17, 15) is 4.79 Å². The summed E-state index contributed by atoms with van der Waals surface area (Å²) < 4.78 is 7.44. The molecule has 4 rings (SSSR count). The van der Waals surface area contributed by atoms with Crippen LogP contribution in [-0.2, 0) is 12.3 Å². The molecule has 0 aliphatic heterocycles. The molecule has 0 spiro atoms. The Labute approximate surface area is 177 Å². The molecule has 0 unspecified atom stereocenters. The van der Waals surface area contributed by atoms with Crippen molar-refractivity contribution in [3.8, 4) is 5.69 Å². The van der Waals surface area contributed by atoms with Crippen molar-refractivity contribution in [3.05, 3.63) is 83.6 Å². The predicted octanol–water partition coefficient (Wildman–Crippen LogP) is 3.49. The second-order valence-corrected chi connectivity index (χ2v) is 7.56. The average Bonchev–Trinajstić information content (AvgIpc) is 3.39. The lowest BCUT2D eigenvalue weighted by Gasteiger charge is -2.08. The van der Waals surface area contributed by atoms with Crippen LogP contribution in [0.5, 0.6) is 0 Å². The summed E-state index contributed by atoms with van der Waals surface area (Å²) >= 11 is 1.45. The number of pyridine rings is 1. The molecule has 0 bridgehead atoms. The van der Waals surface area contributed by atoms with Gasteiger partial charge in [-0.2, -0.15) is 0 Å². The molecule has 3 aromatic heterocycles. The lowest BCUT2D eigenvalue weighted by molar-refractivity contribution is 0.0945. The van der Waals surface area contributed by atoms with Gasteiger partial charge < -0.3 is 9.73 Å². The lowest BCUT2D eigenvalue weighted by Crippen LogP contribution is -2.23. The molecule has 152 valence electrons. The molecule has 9 heteroatoms. The molecule has 1 amide bonds. The molecule has 1 N–H and O–H groups in total. The summed E-state index contributed by atoms with van der Waals surface area (Å²) in [6, 6.07) is 13.7. The summed E-state index contributed by atoms with van der Waals surface area (Å²) in [6.45, 7) is 4.28. The summed E-state index contributed by atoms with van der Waals surface area (Å²) in [6.07, 6.45) is 3.05. The molecule has 8 nitrogen and oxygen atoms in total. The van der Waals surface area contributed by atoms with Crippen LogP contribution in [0, 0.1) is 13.8 Å². The number of carbonyl (C=O) groups excluding carboxylic acids is 1. The Hall–Kier alpha value is -3.46. The molecule has 0 aliphatic rings. The number of nitrogens with zero attached hydrogens (tertiary/aromatic N) is 5.